The lowest BCUT2D eigenvalue weighted by Crippen LogP contribution is -1.99. The number of aromatic nitrogens is 9. The van der Waals surface area contributed by atoms with Crippen LogP contribution < -0.4 is 0 Å². The smallest absolute Gasteiger partial charge is 0.220 e. The van der Waals surface area contributed by atoms with Crippen LogP contribution in [-0.2, 0) is 0 Å². The van der Waals surface area contributed by atoms with Gasteiger partial charge in [-0.25, -0.2) is 15.0 Å². The molecular weight excluding hydrogens is 703 g/mol. The van der Waals surface area contributed by atoms with Crippen LogP contribution in [0.25, 0.3) is 101 Å². The Balaban J connectivity index is 1.06. The van der Waals surface area contributed by atoms with Gasteiger partial charge in [0.15, 0.2) is 0 Å². The van der Waals surface area contributed by atoms with E-state index in [1.165, 1.54) is 0 Å². The number of nitrogens with zero attached hydrogens (tertiary/aromatic N) is 9. The molecule has 0 saturated carbocycles. The van der Waals surface area contributed by atoms with Crippen molar-refractivity contribution in [1.82, 2.24) is 41.9 Å². The summed E-state index contributed by atoms with van der Waals surface area (Å²) in [6.07, 6.45) is 0. The summed E-state index contributed by atoms with van der Waals surface area (Å²) in [4.78, 5) is 15.7. The van der Waals surface area contributed by atoms with Gasteiger partial charge in [-0.2, -0.15) is 0 Å². The van der Waals surface area contributed by atoms with Crippen molar-refractivity contribution in [2.75, 3.05) is 0 Å². The average molecular weight is 739 g/mol. The maximum Gasteiger partial charge on any atom is 0.220 e. The van der Waals surface area contributed by atoms with Crippen molar-refractivity contribution in [3.05, 3.63) is 162 Å². The SMILES string of the molecule is [2H]C([2H])([2H])c1cccc2c1nc1n(-c3cccc(-n4c5ccccc5n5c6cc(-n7c8ccccc8n8c9cccc(C)c9nc78)cc(C)c6nc45)c3)c3ccccc3n21. The lowest BCUT2D eigenvalue weighted by Gasteiger charge is -2.10. The maximum absolute atomic E-state index is 8.26. The molecule has 0 radical (unpaired) electrons. The van der Waals surface area contributed by atoms with E-state index in [1.54, 1.807) is 12.1 Å². The average Bonchev–Trinajstić information content (AvgIpc) is 4.08. The molecule has 0 N–H and O–H groups in total. The topological polar surface area (TPSA) is 66.7 Å². The molecule has 0 amide bonds. The fourth-order valence-electron chi connectivity index (χ4n) is 9.31. The van der Waals surface area contributed by atoms with Crippen LogP contribution in [0.4, 0.5) is 0 Å². The Labute approximate surface area is 328 Å². The number of para-hydroxylation sites is 8. The molecule has 6 heterocycles. The number of hydrogen-bond donors (Lipinski definition) is 0. The van der Waals surface area contributed by atoms with Gasteiger partial charge in [0.25, 0.3) is 0 Å². The monoisotopic (exact) mass is 738 g/mol. The zero-order valence-electron chi connectivity index (χ0n) is 33.9. The predicted molar refractivity (Wildman–Crippen MR) is 230 cm³/mol. The summed E-state index contributed by atoms with van der Waals surface area (Å²) < 4.78 is 38.0. The molecule has 9 heteroatoms. The van der Waals surface area contributed by atoms with Gasteiger partial charge in [0.05, 0.1) is 83.3 Å². The molecule has 13 rings (SSSR count). The van der Waals surface area contributed by atoms with Crippen LogP contribution in [0.3, 0.4) is 0 Å². The molecule has 0 fully saturated rings. The van der Waals surface area contributed by atoms with Gasteiger partial charge < -0.3 is 0 Å². The highest BCUT2D eigenvalue weighted by atomic mass is 15.2. The Morgan fingerprint density at radius 3 is 1.28 bits per heavy atom. The molecule has 0 bridgehead atoms. The van der Waals surface area contributed by atoms with Crippen LogP contribution in [0.2, 0.25) is 0 Å². The van der Waals surface area contributed by atoms with Gasteiger partial charge in [-0.1, -0.05) is 66.7 Å². The summed E-state index contributed by atoms with van der Waals surface area (Å²) in [7, 11) is 0. The van der Waals surface area contributed by atoms with Gasteiger partial charge in [0.2, 0.25) is 17.3 Å². The van der Waals surface area contributed by atoms with Crippen molar-refractivity contribution in [3.63, 3.8) is 0 Å². The molecular formula is C48H33N9. The molecule has 0 spiro atoms. The molecule has 0 aliphatic carbocycles. The molecule has 0 aliphatic heterocycles. The van der Waals surface area contributed by atoms with E-state index in [0.717, 1.165) is 100 Å². The minimum Gasteiger partial charge on any atom is -0.278 e. The second-order valence-corrected chi connectivity index (χ2v) is 15.0. The lowest BCUT2D eigenvalue weighted by atomic mass is 10.1. The number of imidazole rings is 6. The van der Waals surface area contributed by atoms with E-state index in [2.05, 4.69) is 156 Å². The van der Waals surface area contributed by atoms with Crippen LogP contribution >= 0.6 is 0 Å². The molecule has 0 atom stereocenters. The molecule has 0 saturated heterocycles. The third-order valence-corrected chi connectivity index (χ3v) is 11.7. The van der Waals surface area contributed by atoms with Gasteiger partial charge in [-0.05, 0) is 116 Å². The third-order valence-electron chi connectivity index (χ3n) is 11.7. The normalized spacial score (nSPS) is 13.5. The molecule has 270 valence electrons. The Morgan fingerprint density at radius 2 is 0.754 bits per heavy atom. The summed E-state index contributed by atoms with van der Waals surface area (Å²) in [6.45, 7) is 1.95. The Hall–Kier alpha value is -7.65. The number of aryl methyl sites for hydroxylation is 3. The third kappa shape index (κ3) is 3.89. The Kier molecular flexibility index (Phi) is 5.26. The van der Waals surface area contributed by atoms with E-state index in [9.17, 15) is 0 Å². The molecule has 0 unspecified atom stereocenters. The standard InChI is InChI=1S/C48H33N9/c1-28-13-10-23-40-43(28)49-46-52(34-17-4-7-20-37(34)55(40)46)31-15-12-16-32(26-31)53-35-18-5-9-22-39(35)57-42-27-33(25-30(3)45(42)51-47(53)57)54-36-19-6-8-21-38(36)56-41-24-11-14-29(2)44(41)50-48(54)56/h4-27H,1-3H3/i1D3. The minimum absolute atomic E-state index is 0.238. The number of rotatable bonds is 3. The first kappa shape index (κ1) is 27.9. The highest BCUT2D eigenvalue weighted by Crippen LogP contribution is 2.36. The fraction of sp³-hybridized carbons (Fsp3) is 0.0625. The zero-order chi connectivity index (χ0) is 40.2. The first-order valence-corrected chi connectivity index (χ1v) is 19.1. The van der Waals surface area contributed by atoms with Gasteiger partial charge in [-0.15, -0.1) is 0 Å². The van der Waals surface area contributed by atoms with Gasteiger partial charge in [-0.3, -0.25) is 26.9 Å². The second-order valence-electron chi connectivity index (χ2n) is 15.0. The van der Waals surface area contributed by atoms with Crippen LogP contribution in [0.15, 0.2) is 146 Å². The highest BCUT2D eigenvalue weighted by molar-refractivity contribution is 5.97. The summed E-state index contributed by atoms with van der Waals surface area (Å²) in [5, 5.41) is 0. The summed E-state index contributed by atoms with van der Waals surface area (Å²) in [5.41, 5.74) is 16.6. The number of fused-ring (bicyclic) bond motifs is 15. The van der Waals surface area contributed by atoms with Crippen molar-refractivity contribution < 1.29 is 4.11 Å². The van der Waals surface area contributed by atoms with E-state index in [4.69, 9.17) is 19.1 Å². The Morgan fingerprint density at radius 1 is 0.351 bits per heavy atom. The quantitative estimate of drug-likeness (QED) is 0.181. The Bertz CT molecular complexity index is 3980. The van der Waals surface area contributed by atoms with Crippen LogP contribution in [-0.4, -0.2) is 41.9 Å². The first-order valence-electron chi connectivity index (χ1n) is 20.6. The van der Waals surface area contributed by atoms with E-state index < -0.39 is 6.85 Å². The predicted octanol–water partition coefficient (Wildman–Crippen LogP) is 10.8. The second kappa shape index (κ2) is 10.8. The van der Waals surface area contributed by atoms with Crippen LogP contribution in [0.1, 0.15) is 20.8 Å². The van der Waals surface area contributed by atoms with Gasteiger partial charge in [0.1, 0.15) is 0 Å². The van der Waals surface area contributed by atoms with Crippen LogP contribution in [0, 0.1) is 20.7 Å². The molecule has 7 aromatic carbocycles. The van der Waals surface area contributed by atoms with E-state index >= 15 is 0 Å². The number of benzene rings is 7. The van der Waals surface area contributed by atoms with Crippen molar-refractivity contribution in [2.24, 2.45) is 0 Å². The van der Waals surface area contributed by atoms with E-state index in [0.29, 0.717) is 11.3 Å². The molecule has 0 aliphatic rings. The zero-order valence-corrected chi connectivity index (χ0v) is 30.9. The fourth-order valence-corrected chi connectivity index (χ4v) is 9.31. The molecule has 13 aromatic rings. The summed E-state index contributed by atoms with van der Waals surface area (Å²) in [5.74, 6) is 2.31. The van der Waals surface area contributed by atoms with Gasteiger partial charge in [0, 0.05) is 4.11 Å². The van der Waals surface area contributed by atoms with Gasteiger partial charge >= 0.3 is 0 Å². The van der Waals surface area contributed by atoms with E-state index in [-0.39, 0.29) is 5.56 Å². The maximum atomic E-state index is 8.26. The van der Waals surface area contributed by atoms with Crippen molar-refractivity contribution >= 4 is 83.5 Å². The van der Waals surface area contributed by atoms with Crippen molar-refractivity contribution in [2.45, 2.75) is 20.7 Å². The summed E-state index contributed by atoms with van der Waals surface area (Å²) >= 11 is 0. The van der Waals surface area contributed by atoms with Crippen molar-refractivity contribution in [3.8, 4) is 17.1 Å². The largest absolute Gasteiger partial charge is 0.278 e. The van der Waals surface area contributed by atoms with E-state index in [1.807, 2.05) is 18.2 Å². The molecule has 9 nitrogen and oxygen atoms in total. The lowest BCUT2D eigenvalue weighted by molar-refractivity contribution is 1.08. The number of hydrogen-bond acceptors (Lipinski definition) is 3. The highest BCUT2D eigenvalue weighted by Gasteiger charge is 2.23. The first-order chi connectivity index (χ1) is 29.2. The molecule has 6 aromatic heterocycles. The summed E-state index contributed by atoms with van der Waals surface area (Å²) in [6, 6.07) is 49.7. The van der Waals surface area contributed by atoms with Crippen molar-refractivity contribution in [1.29, 1.82) is 0 Å². The minimum atomic E-state index is -2.30. The molecule has 57 heavy (non-hydrogen) atoms. The van der Waals surface area contributed by atoms with Crippen LogP contribution in [0.5, 0.6) is 0 Å².